The van der Waals surface area contributed by atoms with Crippen LogP contribution in [0.2, 0.25) is 0 Å². The third-order valence-corrected chi connectivity index (χ3v) is 8.45. The van der Waals surface area contributed by atoms with Gasteiger partial charge in [0.05, 0.1) is 13.4 Å². The van der Waals surface area contributed by atoms with Crippen molar-refractivity contribution in [3.63, 3.8) is 0 Å². The van der Waals surface area contributed by atoms with E-state index < -0.39 is 0 Å². The second-order valence-corrected chi connectivity index (χ2v) is 11.5. The van der Waals surface area contributed by atoms with Crippen LogP contribution in [0.4, 0.5) is 0 Å². The molecule has 7 heteroatoms. The number of fused-ring (bicyclic) bond motifs is 1. The standard InChI is InChI=1S/C23H23BrI2N2O2/c1-23-9-3-2-4-17(23)20(23)22(29)28-27-12-15-10-18(25)21(19(26)11-15)30-13-14-5-7-16(24)8-6-14/h5-8,10-12,17,20H,2-4,9,13H2,1H3,(H,28,29)/b27-12-/t17-,20-,23-/m0/s1. The predicted octanol–water partition coefficient (Wildman–Crippen LogP) is 6.51. The van der Waals surface area contributed by atoms with Gasteiger partial charge < -0.3 is 4.74 Å². The molecule has 2 aromatic carbocycles. The van der Waals surface area contributed by atoms with Crippen molar-refractivity contribution in [1.82, 2.24) is 5.43 Å². The summed E-state index contributed by atoms with van der Waals surface area (Å²) in [6, 6.07) is 12.2. The molecule has 2 fully saturated rings. The Bertz CT molecular complexity index is 957. The Morgan fingerprint density at radius 2 is 1.97 bits per heavy atom. The monoisotopic (exact) mass is 692 g/mol. The number of amides is 1. The van der Waals surface area contributed by atoms with Gasteiger partial charge in [0.15, 0.2) is 0 Å². The zero-order valence-electron chi connectivity index (χ0n) is 16.6. The highest BCUT2D eigenvalue weighted by molar-refractivity contribution is 14.1. The van der Waals surface area contributed by atoms with Crippen LogP contribution < -0.4 is 10.2 Å². The van der Waals surface area contributed by atoms with Crippen LogP contribution in [0, 0.1) is 24.4 Å². The highest BCUT2D eigenvalue weighted by atomic mass is 127. The van der Waals surface area contributed by atoms with Gasteiger partial charge in [0.25, 0.3) is 0 Å². The van der Waals surface area contributed by atoms with Gasteiger partial charge in [-0.3, -0.25) is 4.79 Å². The number of carbonyl (C=O) groups is 1. The van der Waals surface area contributed by atoms with Crippen LogP contribution in [0.5, 0.6) is 5.75 Å². The topological polar surface area (TPSA) is 50.7 Å². The van der Waals surface area contributed by atoms with Crippen molar-refractivity contribution in [2.24, 2.45) is 22.4 Å². The minimum atomic E-state index is 0.0690. The summed E-state index contributed by atoms with van der Waals surface area (Å²) in [5, 5.41) is 4.23. The van der Waals surface area contributed by atoms with E-state index in [0.29, 0.717) is 12.5 Å². The zero-order chi connectivity index (χ0) is 21.3. The van der Waals surface area contributed by atoms with Gasteiger partial charge in [-0.15, -0.1) is 0 Å². The van der Waals surface area contributed by atoms with E-state index in [2.05, 4.69) is 78.6 Å². The molecule has 1 N–H and O–H groups in total. The highest BCUT2D eigenvalue weighted by Crippen LogP contribution is 2.66. The van der Waals surface area contributed by atoms with E-state index in [0.717, 1.165) is 34.9 Å². The van der Waals surface area contributed by atoms with E-state index >= 15 is 0 Å². The maximum Gasteiger partial charge on any atom is 0.244 e. The second kappa shape index (κ2) is 9.44. The SMILES string of the molecule is C[C@]12CCCC[C@H]1[C@H]2C(=O)N/N=C\c1cc(I)c(OCc2ccc(Br)cc2)c(I)c1. The maximum absolute atomic E-state index is 12.5. The number of hydrazone groups is 1. The Morgan fingerprint density at radius 3 is 2.60 bits per heavy atom. The average Bonchev–Trinajstić information content (AvgIpc) is 3.34. The number of benzene rings is 2. The van der Waals surface area contributed by atoms with Crippen molar-refractivity contribution in [2.45, 2.75) is 39.2 Å². The van der Waals surface area contributed by atoms with Crippen LogP contribution >= 0.6 is 61.1 Å². The third-order valence-electron chi connectivity index (χ3n) is 6.32. The molecule has 4 rings (SSSR count). The summed E-state index contributed by atoms with van der Waals surface area (Å²) in [6.45, 7) is 2.77. The number of nitrogens with one attached hydrogen (secondary N) is 1. The Balaban J connectivity index is 1.36. The number of hydrogen-bond acceptors (Lipinski definition) is 3. The lowest BCUT2D eigenvalue weighted by molar-refractivity contribution is -0.123. The molecule has 0 spiro atoms. The number of halogens is 3. The largest absolute Gasteiger partial charge is 0.487 e. The van der Waals surface area contributed by atoms with E-state index in [4.69, 9.17) is 4.74 Å². The Hall–Kier alpha value is -0.680. The molecule has 1 amide bonds. The molecule has 2 aliphatic rings. The van der Waals surface area contributed by atoms with Crippen molar-refractivity contribution in [3.8, 4) is 5.75 Å². The molecule has 0 radical (unpaired) electrons. The molecule has 30 heavy (non-hydrogen) atoms. The number of carbonyl (C=O) groups excluding carboxylic acids is 1. The molecule has 0 aromatic heterocycles. The smallest absolute Gasteiger partial charge is 0.244 e. The predicted molar refractivity (Wildman–Crippen MR) is 140 cm³/mol. The van der Waals surface area contributed by atoms with Gasteiger partial charge in [-0.25, -0.2) is 5.43 Å². The molecular formula is C23H23BrI2N2O2. The summed E-state index contributed by atoms with van der Waals surface area (Å²) in [4.78, 5) is 12.5. The number of rotatable bonds is 6. The van der Waals surface area contributed by atoms with Gasteiger partial charge >= 0.3 is 0 Å². The third kappa shape index (κ3) is 4.87. The van der Waals surface area contributed by atoms with Gasteiger partial charge in [0, 0.05) is 10.4 Å². The first-order valence-electron chi connectivity index (χ1n) is 10.1. The molecule has 0 bridgehead atoms. The van der Waals surface area contributed by atoms with Crippen molar-refractivity contribution < 1.29 is 9.53 Å². The average molecular weight is 693 g/mol. The Kier molecular flexibility index (Phi) is 7.08. The van der Waals surface area contributed by atoms with Crippen LogP contribution in [0.15, 0.2) is 46.0 Å². The zero-order valence-corrected chi connectivity index (χ0v) is 22.5. The first kappa shape index (κ1) is 22.5. The fraction of sp³-hybridized carbons (Fsp3) is 0.391. The van der Waals surface area contributed by atoms with E-state index in [9.17, 15) is 4.79 Å². The Morgan fingerprint density at radius 1 is 1.27 bits per heavy atom. The summed E-state index contributed by atoms with van der Waals surface area (Å²) in [7, 11) is 0. The first-order chi connectivity index (χ1) is 14.4. The highest BCUT2D eigenvalue weighted by Gasteiger charge is 2.64. The van der Waals surface area contributed by atoms with Gasteiger partial charge in [0.2, 0.25) is 5.91 Å². The lowest BCUT2D eigenvalue weighted by atomic mass is 9.90. The molecule has 3 atom stereocenters. The Labute approximate surface area is 213 Å². The van der Waals surface area contributed by atoms with Gasteiger partial charge in [-0.1, -0.05) is 47.8 Å². The molecule has 2 aromatic rings. The molecule has 0 unspecified atom stereocenters. The minimum Gasteiger partial charge on any atom is -0.487 e. The molecular weight excluding hydrogens is 670 g/mol. The van der Waals surface area contributed by atoms with Gasteiger partial charge in [-0.05, 0) is 105 Å². The summed E-state index contributed by atoms with van der Waals surface area (Å²) in [6.07, 6.45) is 6.55. The van der Waals surface area contributed by atoms with Gasteiger partial charge in [0.1, 0.15) is 12.4 Å². The van der Waals surface area contributed by atoms with Crippen LogP contribution in [0.25, 0.3) is 0 Å². The lowest BCUT2D eigenvalue weighted by Gasteiger charge is -2.15. The number of ether oxygens (including phenoxy) is 1. The van der Waals surface area contributed by atoms with Crippen LogP contribution in [0.1, 0.15) is 43.7 Å². The molecule has 2 aliphatic carbocycles. The van der Waals surface area contributed by atoms with Crippen molar-refractivity contribution in [1.29, 1.82) is 0 Å². The first-order valence-corrected chi connectivity index (χ1v) is 13.0. The lowest BCUT2D eigenvalue weighted by Crippen LogP contribution is -2.22. The normalized spacial score (nSPS) is 25.1. The molecule has 158 valence electrons. The summed E-state index contributed by atoms with van der Waals surface area (Å²) in [5.74, 6) is 1.62. The number of hydrogen-bond donors (Lipinski definition) is 1. The quantitative estimate of drug-likeness (QED) is 0.213. The van der Waals surface area contributed by atoms with E-state index in [1.54, 1.807) is 6.21 Å². The van der Waals surface area contributed by atoms with Crippen LogP contribution in [-0.2, 0) is 11.4 Å². The van der Waals surface area contributed by atoms with E-state index in [1.807, 2.05) is 36.4 Å². The molecule has 0 aliphatic heterocycles. The molecule has 0 heterocycles. The van der Waals surface area contributed by atoms with Crippen LogP contribution in [-0.4, -0.2) is 12.1 Å². The molecule has 4 nitrogen and oxygen atoms in total. The fourth-order valence-electron chi connectivity index (χ4n) is 4.62. The summed E-state index contributed by atoms with van der Waals surface area (Å²) >= 11 is 8.02. The summed E-state index contributed by atoms with van der Waals surface area (Å²) < 4.78 is 9.15. The maximum atomic E-state index is 12.5. The van der Waals surface area contributed by atoms with Gasteiger partial charge in [-0.2, -0.15) is 5.10 Å². The van der Waals surface area contributed by atoms with Crippen molar-refractivity contribution >= 4 is 73.2 Å². The minimum absolute atomic E-state index is 0.0690. The molecule has 0 saturated heterocycles. The second-order valence-electron chi connectivity index (χ2n) is 8.30. The van der Waals surface area contributed by atoms with E-state index in [1.165, 1.54) is 19.3 Å². The van der Waals surface area contributed by atoms with Crippen molar-refractivity contribution in [3.05, 3.63) is 59.1 Å². The van der Waals surface area contributed by atoms with Crippen LogP contribution in [0.3, 0.4) is 0 Å². The summed E-state index contributed by atoms with van der Waals surface area (Å²) in [5.41, 5.74) is 5.04. The number of nitrogens with zero attached hydrogens (tertiary/aromatic N) is 1. The fourth-order valence-corrected chi connectivity index (χ4v) is 7.01. The van der Waals surface area contributed by atoms with Crippen molar-refractivity contribution in [2.75, 3.05) is 0 Å². The molecule has 2 saturated carbocycles. The van der Waals surface area contributed by atoms with E-state index in [-0.39, 0.29) is 17.2 Å².